The van der Waals surface area contributed by atoms with E-state index in [0.717, 1.165) is 16.5 Å². The molecule has 1 atom stereocenters. The summed E-state index contributed by atoms with van der Waals surface area (Å²) < 4.78 is 14.5. The molecule has 0 N–H and O–H groups in total. The fraction of sp³-hybridized carbons (Fsp3) is 0.500. The smallest absolute Gasteiger partial charge is 0.126 e. The van der Waals surface area contributed by atoms with Crippen molar-refractivity contribution < 1.29 is 4.39 Å². The van der Waals surface area contributed by atoms with Gasteiger partial charge in [-0.25, -0.2) is 4.39 Å². The zero-order chi connectivity index (χ0) is 11.1. The summed E-state index contributed by atoms with van der Waals surface area (Å²) in [6.07, 6.45) is 3.24. The topological polar surface area (TPSA) is 0 Å². The van der Waals surface area contributed by atoms with E-state index in [-0.39, 0.29) is 5.82 Å². The molecule has 1 saturated carbocycles. The Morgan fingerprint density at radius 3 is 2.67 bits per heavy atom. The number of hydrogen-bond donors (Lipinski definition) is 0. The normalized spacial score (nSPS) is 20.0. The van der Waals surface area contributed by atoms with Gasteiger partial charge in [-0.05, 0) is 48.4 Å². The van der Waals surface area contributed by atoms with E-state index in [4.69, 9.17) is 0 Å². The monoisotopic (exact) mass is 334 g/mol. The highest BCUT2D eigenvalue weighted by molar-refractivity contribution is 9.10. The molecule has 0 aromatic heterocycles. The summed E-state index contributed by atoms with van der Waals surface area (Å²) in [5.74, 6) is -0.0855. The van der Waals surface area contributed by atoms with E-state index in [1.54, 1.807) is 6.07 Å². The van der Waals surface area contributed by atoms with Crippen LogP contribution in [0.4, 0.5) is 4.39 Å². The number of benzene rings is 1. The maximum atomic E-state index is 13.6. The molecule has 1 fully saturated rings. The van der Waals surface area contributed by atoms with Crippen LogP contribution in [0.3, 0.4) is 0 Å². The Bertz CT molecular complexity index is 370. The van der Waals surface area contributed by atoms with Gasteiger partial charge in [0, 0.05) is 9.30 Å². The molecule has 0 aliphatic heterocycles. The summed E-state index contributed by atoms with van der Waals surface area (Å²) >= 11 is 7.01. The van der Waals surface area contributed by atoms with E-state index < -0.39 is 0 Å². The van der Waals surface area contributed by atoms with Crippen molar-refractivity contribution in [2.45, 2.75) is 31.0 Å². The van der Waals surface area contributed by atoms with Crippen molar-refractivity contribution in [3.8, 4) is 0 Å². The van der Waals surface area contributed by atoms with Crippen LogP contribution >= 0.6 is 31.9 Å². The van der Waals surface area contributed by atoms with Crippen molar-refractivity contribution in [3.05, 3.63) is 34.1 Å². The Morgan fingerprint density at radius 2 is 2.13 bits per heavy atom. The van der Waals surface area contributed by atoms with Crippen molar-refractivity contribution in [1.82, 2.24) is 0 Å². The molecule has 0 nitrogen and oxygen atoms in total. The number of alkyl halides is 1. The minimum Gasteiger partial charge on any atom is -0.207 e. The molecule has 15 heavy (non-hydrogen) atoms. The molecule has 0 heterocycles. The van der Waals surface area contributed by atoms with Crippen LogP contribution < -0.4 is 0 Å². The van der Waals surface area contributed by atoms with Crippen molar-refractivity contribution in [3.63, 3.8) is 0 Å². The van der Waals surface area contributed by atoms with Gasteiger partial charge < -0.3 is 0 Å². The first-order valence-corrected chi connectivity index (χ1v) is 6.82. The van der Waals surface area contributed by atoms with Crippen molar-refractivity contribution in [2.24, 2.45) is 5.41 Å². The standard InChI is InChI=1S/C12H13Br2F/c1-8(13)12(4-5-12)7-9-6-10(14)2-3-11(9)15/h2-3,6,8H,4-5,7H2,1H3. The molecular weight excluding hydrogens is 323 g/mol. The molecule has 0 spiro atoms. The Balaban J connectivity index is 2.21. The Kier molecular flexibility index (Phi) is 3.22. The van der Waals surface area contributed by atoms with Gasteiger partial charge >= 0.3 is 0 Å². The van der Waals surface area contributed by atoms with Gasteiger partial charge in [0.1, 0.15) is 5.82 Å². The summed E-state index contributed by atoms with van der Waals surface area (Å²) in [5.41, 5.74) is 1.12. The van der Waals surface area contributed by atoms with Crippen LogP contribution in [0.25, 0.3) is 0 Å². The molecular formula is C12H13Br2F. The van der Waals surface area contributed by atoms with Gasteiger partial charge in [0.05, 0.1) is 0 Å². The lowest BCUT2D eigenvalue weighted by Crippen LogP contribution is -2.16. The zero-order valence-corrected chi connectivity index (χ0v) is 11.7. The molecule has 0 bridgehead atoms. The number of halogens is 3. The molecule has 2 rings (SSSR count). The van der Waals surface area contributed by atoms with E-state index in [0.29, 0.717) is 10.2 Å². The lowest BCUT2D eigenvalue weighted by atomic mass is 9.93. The van der Waals surface area contributed by atoms with Crippen LogP contribution in [-0.2, 0) is 6.42 Å². The average molecular weight is 336 g/mol. The van der Waals surface area contributed by atoms with Crippen LogP contribution in [0.1, 0.15) is 25.3 Å². The molecule has 82 valence electrons. The summed E-state index contributed by atoms with van der Waals surface area (Å²) in [7, 11) is 0. The minimum absolute atomic E-state index is 0.0855. The third-order valence-corrected chi connectivity index (χ3v) is 4.75. The highest BCUT2D eigenvalue weighted by Gasteiger charge is 2.46. The highest BCUT2D eigenvalue weighted by atomic mass is 79.9. The molecule has 0 radical (unpaired) electrons. The maximum absolute atomic E-state index is 13.6. The second-order valence-electron chi connectivity index (χ2n) is 4.39. The Labute approximate surface area is 107 Å². The summed E-state index contributed by atoms with van der Waals surface area (Å²) in [5, 5.41) is 0. The highest BCUT2D eigenvalue weighted by Crippen LogP contribution is 2.54. The van der Waals surface area contributed by atoms with Crippen molar-refractivity contribution in [1.29, 1.82) is 0 Å². The summed E-state index contributed by atoms with van der Waals surface area (Å²) in [4.78, 5) is 0.461. The predicted molar refractivity (Wildman–Crippen MR) is 67.9 cm³/mol. The van der Waals surface area contributed by atoms with E-state index in [9.17, 15) is 4.39 Å². The second kappa shape index (κ2) is 4.17. The van der Waals surface area contributed by atoms with E-state index in [2.05, 4.69) is 38.8 Å². The molecule has 1 aromatic carbocycles. The van der Waals surface area contributed by atoms with Crippen LogP contribution in [0.5, 0.6) is 0 Å². The van der Waals surface area contributed by atoms with Gasteiger partial charge in [-0.3, -0.25) is 0 Å². The lowest BCUT2D eigenvalue weighted by molar-refractivity contribution is 0.490. The maximum Gasteiger partial charge on any atom is 0.126 e. The third kappa shape index (κ3) is 2.44. The molecule has 0 amide bonds. The van der Waals surface area contributed by atoms with Gasteiger partial charge in [-0.15, -0.1) is 0 Å². The van der Waals surface area contributed by atoms with Crippen LogP contribution in [0.15, 0.2) is 22.7 Å². The van der Waals surface area contributed by atoms with Gasteiger partial charge in [-0.2, -0.15) is 0 Å². The van der Waals surface area contributed by atoms with Gasteiger partial charge in [-0.1, -0.05) is 38.8 Å². The predicted octanol–water partition coefficient (Wildman–Crippen LogP) is 4.69. The van der Waals surface area contributed by atoms with Gasteiger partial charge in [0.25, 0.3) is 0 Å². The van der Waals surface area contributed by atoms with E-state index >= 15 is 0 Å². The molecule has 1 aromatic rings. The molecule has 3 heteroatoms. The van der Waals surface area contributed by atoms with Crippen molar-refractivity contribution >= 4 is 31.9 Å². The number of rotatable bonds is 3. The largest absolute Gasteiger partial charge is 0.207 e. The lowest BCUT2D eigenvalue weighted by Gasteiger charge is -2.18. The fourth-order valence-corrected chi connectivity index (χ4v) is 2.96. The third-order valence-electron chi connectivity index (χ3n) is 3.29. The summed E-state index contributed by atoms with van der Waals surface area (Å²) in [6.45, 7) is 2.16. The van der Waals surface area contributed by atoms with Crippen LogP contribution in [-0.4, -0.2) is 4.83 Å². The molecule has 1 aliphatic carbocycles. The fourth-order valence-electron chi connectivity index (χ4n) is 1.93. The molecule has 1 unspecified atom stereocenters. The SMILES string of the molecule is CC(Br)C1(Cc2cc(Br)ccc2F)CC1. The van der Waals surface area contributed by atoms with E-state index in [1.807, 2.05) is 6.07 Å². The molecule has 0 saturated heterocycles. The number of hydrogen-bond acceptors (Lipinski definition) is 0. The Morgan fingerprint density at radius 1 is 1.47 bits per heavy atom. The quantitative estimate of drug-likeness (QED) is 0.703. The minimum atomic E-state index is -0.0855. The van der Waals surface area contributed by atoms with Gasteiger partial charge in [0.15, 0.2) is 0 Å². The molecule has 1 aliphatic rings. The first-order valence-electron chi connectivity index (χ1n) is 5.11. The second-order valence-corrected chi connectivity index (χ2v) is 6.68. The first kappa shape index (κ1) is 11.6. The average Bonchev–Trinajstić information content (AvgIpc) is 2.92. The Hall–Kier alpha value is 0.110. The van der Waals surface area contributed by atoms with Crippen molar-refractivity contribution in [2.75, 3.05) is 0 Å². The van der Waals surface area contributed by atoms with Crippen LogP contribution in [0, 0.1) is 11.2 Å². The van der Waals surface area contributed by atoms with E-state index in [1.165, 1.54) is 18.9 Å². The zero-order valence-electron chi connectivity index (χ0n) is 8.56. The van der Waals surface area contributed by atoms with Gasteiger partial charge in [0.2, 0.25) is 0 Å². The van der Waals surface area contributed by atoms with Crippen LogP contribution in [0.2, 0.25) is 0 Å². The summed E-state index contributed by atoms with van der Waals surface area (Å²) in [6, 6.07) is 5.18. The first-order chi connectivity index (χ1) is 7.03.